The van der Waals surface area contributed by atoms with E-state index in [1.54, 1.807) is 24.3 Å². The molecular weight excluding hydrogens is 296 g/mol. The Hall–Kier alpha value is -3.12. The molecule has 4 rings (SSSR count). The summed E-state index contributed by atoms with van der Waals surface area (Å²) in [5, 5.41) is 21.6. The fourth-order valence-corrected chi connectivity index (χ4v) is 3.16. The number of nitrogens with two attached hydrogens (primary N) is 1. The molecule has 0 atom stereocenters. The molecule has 6 nitrogen and oxygen atoms in total. The maximum Gasteiger partial charge on any atom is 0.214 e. The number of aromatic nitrogens is 1. The van der Waals surface area contributed by atoms with Gasteiger partial charge in [0.15, 0.2) is 5.78 Å². The highest BCUT2D eigenvalue weighted by Gasteiger charge is 2.38. The van der Waals surface area contributed by atoms with Crippen LogP contribution >= 0.6 is 0 Å². The molecule has 5 N–H and O–H groups in total. The smallest absolute Gasteiger partial charge is 0.214 e. The van der Waals surface area contributed by atoms with Crippen LogP contribution < -0.4 is 5.73 Å². The molecular formula is C17H12N2O4. The molecule has 6 heteroatoms. The van der Waals surface area contributed by atoms with Gasteiger partial charge in [0.25, 0.3) is 0 Å². The average molecular weight is 308 g/mol. The summed E-state index contributed by atoms with van der Waals surface area (Å²) in [5.41, 5.74) is 6.01. The van der Waals surface area contributed by atoms with E-state index in [1.807, 2.05) is 0 Å². The summed E-state index contributed by atoms with van der Waals surface area (Å²) in [6.07, 6.45) is 1.50. The van der Waals surface area contributed by atoms with Crippen molar-refractivity contribution in [3.63, 3.8) is 0 Å². The van der Waals surface area contributed by atoms with Crippen molar-refractivity contribution >= 4 is 22.3 Å². The summed E-state index contributed by atoms with van der Waals surface area (Å²) < 4.78 is 0. The Morgan fingerprint density at radius 2 is 1.48 bits per heavy atom. The van der Waals surface area contributed by atoms with Gasteiger partial charge in [-0.1, -0.05) is 24.3 Å². The second-order valence-electron chi connectivity index (χ2n) is 5.42. The summed E-state index contributed by atoms with van der Waals surface area (Å²) in [6.45, 7) is 0.0838. The van der Waals surface area contributed by atoms with Crippen LogP contribution in [0.2, 0.25) is 0 Å². The molecule has 1 aromatic heterocycles. The lowest BCUT2D eigenvalue weighted by Crippen LogP contribution is -2.22. The van der Waals surface area contributed by atoms with Crippen LogP contribution in [-0.2, 0) is 6.54 Å². The number of phenols is 2. The fraction of sp³-hybridized carbons (Fsp3) is 0.0588. The number of benzene rings is 2. The number of hydrogen-bond acceptors (Lipinski definition) is 5. The van der Waals surface area contributed by atoms with Gasteiger partial charge in [0.05, 0.1) is 22.4 Å². The van der Waals surface area contributed by atoms with Crippen LogP contribution in [0.5, 0.6) is 11.5 Å². The lowest BCUT2D eigenvalue weighted by Gasteiger charge is -2.19. The summed E-state index contributed by atoms with van der Waals surface area (Å²) in [4.78, 5) is 28.3. The Balaban J connectivity index is 2.16. The molecule has 1 aliphatic rings. The normalized spacial score (nSPS) is 13.3. The highest BCUT2D eigenvalue weighted by atomic mass is 16.3. The molecule has 0 amide bonds. The molecule has 0 saturated heterocycles. The third-order valence-corrected chi connectivity index (χ3v) is 4.25. The van der Waals surface area contributed by atoms with E-state index in [4.69, 9.17) is 5.73 Å². The van der Waals surface area contributed by atoms with Gasteiger partial charge in [-0.3, -0.25) is 9.59 Å². The third kappa shape index (κ3) is 1.55. The van der Waals surface area contributed by atoms with Gasteiger partial charge in [0, 0.05) is 23.5 Å². The van der Waals surface area contributed by atoms with E-state index in [0.29, 0.717) is 16.3 Å². The Labute approximate surface area is 130 Å². The molecule has 1 heterocycles. The standard InChI is InChI=1S/C17H12N2O4/c18-5-7-6-19-13-10(7)16(22)11-12(17(13)23)15(21)9-4-2-1-3-8(9)14(11)20/h1-4,6,19-21H,5,18H2. The van der Waals surface area contributed by atoms with Crippen LogP contribution in [0.4, 0.5) is 0 Å². The molecule has 1 aliphatic carbocycles. The molecule has 0 saturated carbocycles. The SMILES string of the molecule is NCc1c[nH]c2c1C(=O)c1c(c(O)c3ccccc3c1O)C2=O. The van der Waals surface area contributed by atoms with Crippen molar-refractivity contribution in [3.8, 4) is 11.5 Å². The van der Waals surface area contributed by atoms with Crippen LogP contribution in [0.15, 0.2) is 30.5 Å². The number of phenolic OH excluding ortho intramolecular Hbond substituents is 2. The number of aromatic hydroxyl groups is 2. The van der Waals surface area contributed by atoms with E-state index in [2.05, 4.69) is 4.98 Å². The van der Waals surface area contributed by atoms with E-state index >= 15 is 0 Å². The Bertz CT molecular complexity index is 1020. The minimum atomic E-state index is -0.534. The molecule has 0 radical (unpaired) electrons. The number of hydrogen-bond donors (Lipinski definition) is 4. The van der Waals surface area contributed by atoms with Gasteiger partial charge in [-0.25, -0.2) is 0 Å². The molecule has 0 aliphatic heterocycles. The first-order valence-corrected chi connectivity index (χ1v) is 7.02. The van der Waals surface area contributed by atoms with E-state index in [-0.39, 0.29) is 40.4 Å². The van der Waals surface area contributed by atoms with Gasteiger partial charge in [0.2, 0.25) is 5.78 Å². The van der Waals surface area contributed by atoms with E-state index < -0.39 is 11.6 Å². The molecule has 3 aromatic rings. The topological polar surface area (TPSA) is 116 Å². The van der Waals surface area contributed by atoms with Crippen molar-refractivity contribution in [1.82, 2.24) is 4.98 Å². The lowest BCUT2D eigenvalue weighted by atomic mass is 9.83. The van der Waals surface area contributed by atoms with Crippen molar-refractivity contribution in [2.45, 2.75) is 6.54 Å². The molecule has 2 aromatic carbocycles. The van der Waals surface area contributed by atoms with Crippen LogP contribution in [0.1, 0.15) is 37.5 Å². The largest absolute Gasteiger partial charge is 0.506 e. The minimum absolute atomic E-state index is 0.0838. The van der Waals surface area contributed by atoms with Gasteiger partial charge < -0.3 is 20.9 Å². The number of fused-ring (bicyclic) bond motifs is 3. The number of carbonyl (C=O) groups is 2. The maximum atomic E-state index is 12.8. The molecule has 23 heavy (non-hydrogen) atoms. The summed E-state index contributed by atoms with van der Waals surface area (Å²) in [7, 11) is 0. The van der Waals surface area contributed by atoms with Crippen LogP contribution in [0.25, 0.3) is 10.8 Å². The van der Waals surface area contributed by atoms with E-state index in [1.165, 1.54) is 6.20 Å². The second-order valence-corrected chi connectivity index (χ2v) is 5.42. The monoisotopic (exact) mass is 308 g/mol. The van der Waals surface area contributed by atoms with Gasteiger partial charge in [-0.05, 0) is 5.56 Å². The van der Waals surface area contributed by atoms with Gasteiger partial charge in [-0.15, -0.1) is 0 Å². The summed E-state index contributed by atoms with van der Waals surface area (Å²) in [6, 6.07) is 6.52. The number of nitrogens with one attached hydrogen (secondary N) is 1. The van der Waals surface area contributed by atoms with Crippen molar-refractivity contribution in [2.24, 2.45) is 5.73 Å². The van der Waals surface area contributed by atoms with Crippen molar-refractivity contribution < 1.29 is 19.8 Å². The van der Waals surface area contributed by atoms with Gasteiger partial charge >= 0.3 is 0 Å². The summed E-state index contributed by atoms with van der Waals surface area (Å²) >= 11 is 0. The quantitative estimate of drug-likeness (QED) is 0.400. The van der Waals surface area contributed by atoms with Crippen molar-refractivity contribution in [2.75, 3.05) is 0 Å². The number of ketones is 2. The summed E-state index contributed by atoms with van der Waals surface area (Å²) in [5.74, 6) is -1.66. The number of rotatable bonds is 1. The highest BCUT2D eigenvalue weighted by Crippen LogP contribution is 2.44. The first kappa shape index (κ1) is 13.5. The maximum absolute atomic E-state index is 12.8. The number of H-pyrrole nitrogens is 1. The van der Waals surface area contributed by atoms with E-state index in [0.717, 1.165) is 0 Å². The Morgan fingerprint density at radius 3 is 2.04 bits per heavy atom. The second kappa shape index (κ2) is 4.44. The van der Waals surface area contributed by atoms with Crippen LogP contribution in [-0.4, -0.2) is 26.8 Å². The van der Waals surface area contributed by atoms with Crippen molar-refractivity contribution in [1.29, 1.82) is 0 Å². The molecule has 0 unspecified atom stereocenters. The van der Waals surface area contributed by atoms with Crippen LogP contribution in [0.3, 0.4) is 0 Å². The zero-order chi connectivity index (χ0) is 16.3. The van der Waals surface area contributed by atoms with Gasteiger partial charge in [-0.2, -0.15) is 0 Å². The lowest BCUT2D eigenvalue weighted by molar-refractivity contribution is 0.0972. The first-order valence-electron chi connectivity index (χ1n) is 7.02. The van der Waals surface area contributed by atoms with Gasteiger partial charge in [0.1, 0.15) is 11.5 Å². The third-order valence-electron chi connectivity index (χ3n) is 4.25. The fourth-order valence-electron chi connectivity index (χ4n) is 3.16. The molecule has 0 bridgehead atoms. The number of aromatic amines is 1. The van der Waals surface area contributed by atoms with Crippen molar-refractivity contribution in [3.05, 3.63) is 58.4 Å². The Morgan fingerprint density at radius 1 is 0.913 bits per heavy atom. The predicted octanol–water partition coefficient (Wildman–Crippen LogP) is 1.81. The molecule has 0 fully saturated rings. The number of carbonyl (C=O) groups excluding carboxylic acids is 2. The minimum Gasteiger partial charge on any atom is -0.506 e. The Kier molecular flexibility index (Phi) is 2.61. The highest BCUT2D eigenvalue weighted by molar-refractivity contribution is 6.32. The average Bonchev–Trinajstić information content (AvgIpc) is 3.00. The van der Waals surface area contributed by atoms with Crippen LogP contribution in [0, 0.1) is 0 Å². The first-order chi connectivity index (χ1) is 11.1. The zero-order valence-corrected chi connectivity index (χ0v) is 11.9. The van der Waals surface area contributed by atoms with E-state index in [9.17, 15) is 19.8 Å². The molecule has 114 valence electrons. The zero-order valence-electron chi connectivity index (χ0n) is 11.9. The molecule has 0 spiro atoms. The predicted molar refractivity (Wildman–Crippen MR) is 82.8 cm³/mol.